The van der Waals surface area contributed by atoms with Crippen LogP contribution < -0.4 is 20.1 Å². The summed E-state index contributed by atoms with van der Waals surface area (Å²) in [6.07, 6.45) is 1.80. The number of nitrogens with one attached hydrogen (secondary N) is 2. The van der Waals surface area contributed by atoms with Gasteiger partial charge in [0, 0.05) is 23.4 Å². The third-order valence-electron chi connectivity index (χ3n) is 3.94. The molecule has 1 aliphatic heterocycles. The van der Waals surface area contributed by atoms with E-state index in [2.05, 4.69) is 10.6 Å². The molecule has 0 atom stereocenters. The molecule has 1 aliphatic rings. The van der Waals surface area contributed by atoms with Crippen molar-refractivity contribution in [2.75, 3.05) is 25.6 Å². The Labute approximate surface area is 151 Å². The van der Waals surface area contributed by atoms with E-state index in [1.54, 1.807) is 18.2 Å². The third kappa shape index (κ3) is 3.69. The zero-order valence-electron chi connectivity index (χ0n) is 14.7. The van der Waals surface area contributed by atoms with Gasteiger partial charge in [0.25, 0.3) is 11.8 Å². The minimum Gasteiger partial charge on any atom is -0.493 e. The van der Waals surface area contributed by atoms with Gasteiger partial charge < -0.3 is 20.1 Å². The topological polar surface area (TPSA) is 76.7 Å². The number of ether oxygens (including phenoxy) is 2. The van der Waals surface area contributed by atoms with Gasteiger partial charge in [0.2, 0.25) is 0 Å². The number of benzene rings is 2. The maximum Gasteiger partial charge on any atom is 0.257 e. The van der Waals surface area contributed by atoms with Crippen LogP contribution in [0, 0.1) is 0 Å². The van der Waals surface area contributed by atoms with Gasteiger partial charge in [-0.15, -0.1) is 0 Å². The second-order valence-corrected chi connectivity index (χ2v) is 5.71. The normalized spacial score (nSPS) is 13.9. The lowest BCUT2D eigenvalue weighted by Crippen LogP contribution is -2.28. The van der Waals surface area contributed by atoms with E-state index >= 15 is 0 Å². The Morgan fingerprint density at radius 1 is 1.19 bits per heavy atom. The molecule has 0 saturated heterocycles. The van der Waals surface area contributed by atoms with Crippen LogP contribution in [0.4, 0.5) is 5.69 Å². The van der Waals surface area contributed by atoms with Gasteiger partial charge in [-0.3, -0.25) is 9.59 Å². The first-order valence-electron chi connectivity index (χ1n) is 8.32. The summed E-state index contributed by atoms with van der Waals surface area (Å²) in [4.78, 5) is 23.8. The molecule has 0 radical (unpaired) electrons. The molecule has 6 nitrogen and oxygen atoms in total. The molecule has 2 aromatic rings. The summed E-state index contributed by atoms with van der Waals surface area (Å²) in [5.41, 5.74) is 3.07. The van der Waals surface area contributed by atoms with Crippen molar-refractivity contribution < 1.29 is 19.1 Å². The highest BCUT2D eigenvalue weighted by molar-refractivity contribution is 6.34. The summed E-state index contributed by atoms with van der Waals surface area (Å²) >= 11 is 0. The summed E-state index contributed by atoms with van der Waals surface area (Å²) < 4.78 is 10.9. The molecule has 0 aliphatic carbocycles. The molecule has 1 heterocycles. The van der Waals surface area contributed by atoms with Crippen molar-refractivity contribution in [2.24, 2.45) is 0 Å². The molecule has 3 rings (SSSR count). The van der Waals surface area contributed by atoms with E-state index in [0.717, 1.165) is 16.8 Å². The first kappa shape index (κ1) is 17.5. The fourth-order valence-corrected chi connectivity index (χ4v) is 2.73. The summed E-state index contributed by atoms with van der Waals surface area (Å²) in [6.45, 7) is 2.31. The average Bonchev–Trinajstić information content (AvgIpc) is 2.96. The van der Waals surface area contributed by atoms with Gasteiger partial charge in [-0.25, -0.2) is 0 Å². The lowest BCUT2D eigenvalue weighted by Gasteiger charge is -2.11. The molecule has 0 fully saturated rings. The van der Waals surface area contributed by atoms with E-state index in [0.29, 0.717) is 23.6 Å². The average molecular weight is 352 g/mol. The van der Waals surface area contributed by atoms with Gasteiger partial charge in [0.05, 0.1) is 7.11 Å². The minimum atomic E-state index is -0.194. The number of hydrogen-bond donors (Lipinski definition) is 2. The van der Waals surface area contributed by atoms with Gasteiger partial charge in [-0.1, -0.05) is 24.3 Å². The number of anilines is 1. The van der Waals surface area contributed by atoms with E-state index < -0.39 is 0 Å². The molecule has 2 amide bonds. The van der Waals surface area contributed by atoms with Crippen LogP contribution in [0.1, 0.15) is 18.1 Å². The molecule has 2 aromatic carbocycles. The number of hydrogen-bond acceptors (Lipinski definition) is 4. The molecule has 0 unspecified atom stereocenters. The lowest BCUT2D eigenvalue weighted by molar-refractivity contribution is -0.123. The van der Waals surface area contributed by atoms with Crippen LogP contribution >= 0.6 is 0 Å². The van der Waals surface area contributed by atoms with Crippen molar-refractivity contribution in [1.82, 2.24) is 5.32 Å². The van der Waals surface area contributed by atoms with Crippen LogP contribution in [0.3, 0.4) is 0 Å². The Kier molecular flexibility index (Phi) is 5.22. The molecule has 2 N–H and O–H groups in total. The van der Waals surface area contributed by atoms with E-state index in [9.17, 15) is 9.59 Å². The fraction of sp³-hybridized carbons (Fsp3) is 0.200. The fourth-order valence-electron chi connectivity index (χ4n) is 2.73. The van der Waals surface area contributed by atoms with Gasteiger partial charge in [-0.2, -0.15) is 0 Å². The standard InChI is InChI=1S/C20H20N2O4/c1-3-21-19(23)12-26-17-9-8-13(11-18(17)25-2)10-15-14-6-4-5-7-16(14)22-20(15)24/h4-11H,3,12H2,1-2H3,(H,21,23)(H,22,24)/b15-10+. The predicted octanol–water partition coefficient (Wildman–Crippen LogP) is 2.70. The molecule has 6 heteroatoms. The van der Waals surface area contributed by atoms with Crippen molar-refractivity contribution in [3.05, 3.63) is 53.6 Å². The highest BCUT2D eigenvalue weighted by Gasteiger charge is 2.23. The Morgan fingerprint density at radius 2 is 2.00 bits per heavy atom. The van der Waals surface area contributed by atoms with Crippen molar-refractivity contribution in [2.45, 2.75) is 6.92 Å². The van der Waals surface area contributed by atoms with E-state index in [1.807, 2.05) is 37.3 Å². The highest BCUT2D eigenvalue weighted by Crippen LogP contribution is 2.34. The number of likely N-dealkylation sites (N-methyl/N-ethyl adjacent to an activating group) is 1. The zero-order valence-corrected chi connectivity index (χ0v) is 14.7. The second kappa shape index (κ2) is 7.74. The predicted molar refractivity (Wildman–Crippen MR) is 100 cm³/mol. The SMILES string of the molecule is CCNC(=O)COc1ccc(/C=C2/C(=O)Nc3ccccc32)cc1OC. The highest BCUT2D eigenvalue weighted by atomic mass is 16.5. The smallest absolute Gasteiger partial charge is 0.257 e. The van der Waals surface area contributed by atoms with Crippen molar-refractivity contribution >= 4 is 29.2 Å². The van der Waals surface area contributed by atoms with Crippen LogP contribution in [0.25, 0.3) is 11.6 Å². The maximum absolute atomic E-state index is 12.2. The number of fused-ring (bicyclic) bond motifs is 1. The Morgan fingerprint density at radius 3 is 2.77 bits per heavy atom. The first-order valence-corrected chi connectivity index (χ1v) is 8.32. The molecular formula is C20H20N2O4. The van der Waals surface area contributed by atoms with Crippen LogP contribution in [-0.2, 0) is 9.59 Å². The summed E-state index contributed by atoms with van der Waals surface area (Å²) in [7, 11) is 1.53. The molecule has 26 heavy (non-hydrogen) atoms. The molecule has 134 valence electrons. The number of methoxy groups -OCH3 is 1. The van der Waals surface area contributed by atoms with Crippen molar-refractivity contribution in [3.8, 4) is 11.5 Å². The summed E-state index contributed by atoms with van der Waals surface area (Å²) in [5.74, 6) is 0.634. The van der Waals surface area contributed by atoms with Crippen molar-refractivity contribution in [1.29, 1.82) is 0 Å². The van der Waals surface area contributed by atoms with Crippen LogP contribution in [0.2, 0.25) is 0 Å². The second-order valence-electron chi connectivity index (χ2n) is 5.71. The van der Waals surface area contributed by atoms with Crippen LogP contribution in [-0.4, -0.2) is 32.1 Å². The lowest BCUT2D eigenvalue weighted by atomic mass is 10.0. The van der Waals surface area contributed by atoms with E-state index in [4.69, 9.17) is 9.47 Å². The number of para-hydroxylation sites is 1. The number of carbonyl (C=O) groups excluding carboxylic acids is 2. The molecule has 0 saturated carbocycles. The van der Waals surface area contributed by atoms with Gasteiger partial charge in [-0.05, 0) is 36.8 Å². The largest absolute Gasteiger partial charge is 0.493 e. The molecule has 0 spiro atoms. The van der Waals surface area contributed by atoms with Crippen LogP contribution in [0.5, 0.6) is 11.5 Å². The molecular weight excluding hydrogens is 332 g/mol. The van der Waals surface area contributed by atoms with Gasteiger partial charge in [0.1, 0.15) is 0 Å². The minimum absolute atomic E-state index is 0.0829. The number of amides is 2. The quantitative estimate of drug-likeness (QED) is 0.784. The maximum atomic E-state index is 12.2. The monoisotopic (exact) mass is 352 g/mol. The summed E-state index contributed by atoms with van der Waals surface area (Å²) in [5, 5.41) is 5.51. The van der Waals surface area contributed by atoms with E-state index in [1.165, 1.54) is 7.11 Å². The first-order chi connectivity index (χ1) is 12.6. The zero-order chi connectivity index (χ0) is 18.5. The Bertz CT molecular complexity index is 874. The number of carbonyl (C=O) groups is 2. The van der Waals surface area contributed by atoms with Gasteiger partial charge >= 0.3 is 0 Å². The number of rotatable bonds is 6. The van der Waals surface area contributed by atoms with E-state index in [-0.39, 0.29) is 18.4 Å². The van der Waals surface area contributed by atoms with Gasteiger partial charge in [0.15, 0.2) is 18.1 Å². The molecule has 0 aromatic heterocycles. The molecule has 0 bridgehead atoms. The third-order valence-corrected chi connectivity index (χ3v) is 3.94. The van der Waals surface area contributed by atoms with Crippen LogP contribution in [0.15, 0.2) is 42.5 Å². The van der Waals surface area contributed by atoms with Crippen molar-refractivity contribution in [3.63, 3.8) is 0 Å². The Balaban J connectivity index is 1.84. The Hall–Kier alpha value is -3.28. The summed E-state index contributed by atoms with van der Waals surface area (Å²) in [6, 6.07) is 12.9.